The van der Waals surface area contributed by atoms with Gasteiger partial charge in [-0.1, -0.05) is 18.2 Å². The fourth-order valence-corrected chi connectivity index (χ4v) is 3.37. The molecule has 0 saturated carbocycles. The summed E-state index contributed by atoms with van der Waals surface area (Å²) in [6.07, 6.45) is 4.27. The number of piperidine rings is 1. The van der Waals surface area contributed by atoms with Crippen molar-refractivity contribution in [3.05, 3.63) is 29.8 Å². The number of anilines is 1. The van der Waals surface area contributed by atoms with Crippen molar-refractivity contribution in [3.63, 3.8) is 0 Å². The second-order valence-electron chi connectivity index (χ2n) is 5.82. The van der Waals surface area contributed by atoms with Crippen LogP contribution in [-0.4, -0.2) is 43.0 Å². The van der Waals surface area contributed by atoms with Gasteiger partial charge in [0.1, 0.15) is 0 Å². The van der Waals surface area contributed by atoms with E-state index < -0.39 is 0 Å². The summed E-state index contributed by atoms with van der Waals surface area (Å²) in [6.45, 7) is 2.01. The molecule has 1 saturated heterocycles. The normalized spacial score (nSPS) is 26.2. The van der Waals surface area contributed by atoms with E-state index in [-0.39, 0.29) is 24.4 Å². The molecule has 2 aliphatic rings. The number of likely N-dealkylation sites (N-methyl/N-ethyl adjacent to an activating group) is 1. The highest BCUT2D eigenvalue weighted by Gasteiger charge is 2.31. The number of hydrogen-bond acceptors (Lipinski definition) is 3. The van der Waals surface area contributed by atoms with Crippen molar-refractivity contribution in [2.45, 2.75) is 37.8 Å². The van der Waals surface area contributed by atoms with Gasteiger partial charge in [0.25, 0.3) is 0 Å². The van der Waals surface area contributed by atoms with Crippen LogP contribution in [0, 0.1) is 0 Å². The molecule has 2 heterocycles. The number of fused-ring (bicyclic) bond motifs is 1. The Labute approximate surface area is 132 Å². The molecule has 0 bridgehead atoms. The van der Waals surface area contributed by atoms with Gasteiger partial charge in [-0.25, -0.2) is 0 Å². The first-order valence-corrected chi connectivity index (χ1v) is 7.58. The molecular weight excluding hydrogens is 286 g/mol. The van der Waals surface area contributed by atoms with E-state index in [0.717, 1.165) is 31.6 Å². The summed E-state index contributed by atoms with van der Waals surface area (Å²) in [5, 5.41) is 6.45. The third-order valence-electron chi connectivity index (χ3n) is 4.57. The zero-order valence-electron chi connectivity index (χ0n) is 12.5. The Morgan fingerprint density at radius 2 is 2.10 bits per heavy atom. The van der Waals surface area contributed by atoms with Crippen molar-refractivity contribution in [1.82, 2.24) is 10.2 Å². The van der Waals surface area contributed by atoms with E-state index in [0.29, 0.717) is 6.04 Å². The van der Waals surface area contributed by atoms with Gasteiger partial charge >= 0.3 is 0 Å². The Hall–Kier alpha value is -1.10. The number of aryl methyl sites for hydroxylation is 1. The maximum atomic E-state index is 12.5. The average molecular weight is 310 g/mol. The molecule has 2 aliphatic heterocycles. The molecule has 1 amide bonds. The Balaban J connectivity index is 0.00000161. The van der Waals surface area contributed by atoms with Crippen LogP contribution < -0.4 is 10.6 Å². The number of carbonyl (C=O) groups is 1. The van der Waals surface area contributed by atoms with Crippen molar-refractivity contribution in [2.24, 2.45) is 0 Å². The summed E-state index contributed by atoms with van der Waals surface area (Å²) in [4.78, 5) is 14.9. The lowest BCUT2D eigenvalue weighted by Crippen LogP contribution is -2.52. The molecule has 0 spiro atoms. The number of rotatable bonds is 2. The molecule has 1 fully saturated rings. The number of halogens is 1. The lowest BCUT2D eigenvalue weighted by molar-refractivity contribution is -0.122. The zero-order chi connectivity index (χ0) is 13.9. The Bertz CT molecular complexity index is 494. The van der Waals surface area contributed by atoms with Crippen molar-refractivity contribution in [1.29, 1.82) is 0 Å². The number of benzene rings is 1. The molecule has 0 radical (unpaired) electrons. The minimum absolute atomic E-state index is 0. The van der Waals surface area contributed by atoms with Gasteiger partial charge in [0.05, 0.1) is 6.04 Å². The van der Waals surface area contributed by atoms with Gasteiger partial charge in [0, 0.05) is 18.3 Å². The second-order valence-corrected chi connectivity index (χ2v) is 5.82. The maximum absolute atomic E-state index is 12.5. The zero-order valence-corrected chi connectivity index (χ0v) is 13.3. The van der Waals surface area contributed by atoms with E-state index >= 15 is 0 Å². The number of para-hydroxylation sites is 1. The third-order valence-corrected chi connectivity index (χ3v) is 4.57. The number of hydrogen-bond donors (Lipinski definition) is 2. The van der Waals surface area contributed by atoms with Gasteiger partial charge < -0.3 is 10.6 Å². The van der Waals surface area contributed by atoms with Crippen LogP contribution in [0.25, 0.3) is 0 Å². The highest BCUT2D eigenvalue weighted by Crippen LogP contribution is 2.25. The average Bonchev–Trinajstić information content (AvgIpc) is 2.65. The summed E-state index contributed by atoms with van der Waals surface area (Å²) < 4.78 is 0. The minimum Gasteiger partial charge on any atom is -0.324 e. The second kappa shape index (κ2) is 7.25. The highest BCUT2D eigenvalue weighted by molar-refractivity contribution is 5.96. The monoisotopic (exact) mass is 309 g/mol. The van der Waals surface area contributed by atoms with E-state index in [1.54, 1.807) is 0 Å². The molecule has 3 rings (SSSR count). The first-order valence-electron chi connectivity index (χ1n) is 7.58. The van der Waals surface area contributed by atoms with Gasteiger partial charge in [0.15, 0.2) is 0 Å². The molecule has 116 valence electrons. The van der Waals surface area contributed by atoms with Crippen LogP contribution in [0.5, 0.6) is 0 Å². The first-order chi connectivity index (χ1) is 9.78. The lowest BCUT2D eigenvalue weighted by Gasteiger charge is -2.36. The predicted molar refractivity (Wildman–Crippen MR) is 88.1 cm³/mol. The van der Waals surface area contributed by atoms with Gasteiger partial charge in [-0.2, -0.15) is 0 Å². The van der Waals surface area contributed by atoms with Crippen LogP contribution in [0.2, 0.25) is 0 Å². The fraction of sp³-hybridized carbons (Fsp3) is 0.562. The molecule has 0 aromatic heterocycles. The molecule has 1 aromatic rings. The van der Waals surface area contributed by atoms with Gasteiger partial charge in [0.2, 0.25) is 5.91 Å². The summed E-state index contributed by atoms with van der Waals surface area (Å²) in [7, 11) is 2.01. The number of nitrogens with one attached hydrogen (secondary N) is 2. The van der Waals surface area contributed by atoms with Crippen LogP contribution in [0.3, 0.4) is 0 Å². The van der Waals surface area contributed by atoms with Gasteiger partial charge in [-0.3, -0.25) is 9.69 Å². The third kappa shape index (κ3) is 3.57. The Morgan fingerprint density at radius 3 is 2.90 bits per heavy atom. The van der Waals surface area contributed by atoms with Crippen LogP contribution in [0.15, 0.2) is 24.3 Å². The summed E-state index contributed by atoms with van der Waals surface area (Å²) in [5.41, 5.74) is 2.24. The highest BCUT2D eigenvalue weighted by atomic mass is 35.5. The number of nitrogens with zero attached hydrogens (tertiary/aromatic N) is 1. The maximum Gasteiger partial charge on any atom is 0.241 e. The largest absolute Gasteiger partial charge is 0.324 e. The topological polar surface area (TPSA) is 44.4 Å². The summed E-state index contributed by atoms with van der Waals surface area (Å²) >= 11 is 0. The van der Waals surface area contributed by atoms with Crippen LogP contribution >= 0.6 is 12.4 Å². The van der Waals surface area contributed by atoms with Crippen molar-refractivity contribution >= 4 is 24.0 Å². The van der Waals surface area contributed by atoms with Crippen molar-refractivity contribution in [2.75, 3.05) is 25.5 Å². The molecular formula is C16H24ClN3O. The Morgan fingerprint density at radius 1 is 1.29 bits per heavy atom. The number of likely N-dealkylation sites (tertiary alicyclic amines) is 1. The summed E-state index contributed by atoms with van der Waals surface area (Å²) in [6, 6.07) is 8.67. The van der Waals surface area contributed by atoms with E-state index in [2.05, 4.69) is 21.6 Å². The molecule has 21 heavy (non-hydrogen) atoms. The minimum atomic E-state index is 0. The van der Waals surface area contributed by atoms with E-state index in [1.165, 1.54) is 18.4 Å². The molecule has 2 N–H and O–H groups in total. The lowest BCUT2D eigenvalue weighted by atomic mass is 10.00. The molecule has 0 aliphatic carbocycles. The van der Waals surface area contributed by atoms with Crippen molar-refractivity contribution in [3.8, 4) is 0 Å². The summed E-state index contributed by atoms with van der Waals surface area (Å²) in [5.74, 6) is 0.159. The standard InChI is InChI=1S/C16H23N3O.ClH/c1-17-13-6-4-10-19(11-13)15-9-8-12-5-2-3-7-14(12)18-16(15)20;/h2-3,5,7,13,15,17H,4,6,8-11H2,1H3,(H,18,20);1H. The molecule has 2 unspecified atom stereocenters. The fourth-order valence-electron chi connectivity index (χ4n) is 3.37. The van der Waals surface area contributed by atoms with Gasteiger partial charge in [-0.15, -0.1) is 12.4 Å². The molecule has 4 nitrogen and oxygen atoms in total. The number of amides is 1. The van der Waals surface area contributed by atoms with E-state index in [4.69, 9.17) is 0 Å². The molecule has 2 atom stereocenters. The molecule has 5 heteroatoms. The number of carbonyl (C=O) groups excluding carboxylic acids is 1. The van der Waals surface area contributed by atoms with Crippen LogP contribution in [0.4, 0.5) is 5.69 Å². The van der Waals surface area contributed by atoms with Crippen LogP contribution in [-0.2, 0) is 11.2 Å². The van der Waals surface area contributed by atoms with Crippen LogP contribution in [0.1, 0.15) is 24.8 Å². The van der Waals surface area contributed by atoms with E-state index in [1.807, 2.05) is 25.2 Å². The Kier molecular flexibility index (Phi) is 5.62. The van der Waals surface area contributed by atoms with Gasteiger partial charge in [-0.05, 0) is 50.9 Å². The predicted octanol–water partition coefficient (Wildman–Crippen LogP) is 2.05. The SMILES string of the molecule is CNC1CCCN(C2CCc3ccccc3NC2=O)C1.Cl. The molecule has 1 aromatic carbocycles. The van der Waals surface area contributed by atoms with Crippen molar-refractivity contribution < 1.29 is 4.79 Å². The smallest absolute Gasteiger partial charge is 0.241 e. The van der Waals surface area contributed by atoms with E-state index in [9.17, 15) is 4.79 Å². The first kappa shape index (κ1) is 16.3. The quantitative estimate of drug-likeness (QED) is 0.879.